The van der Waals surface area contributed by atoms with Gasteiger partial charge in [-0.1, -0.05) is 31.1 Å². The van der Waals surface area contributed by atoms with E-state index < -0.39 is 17.3 Å². The molecule has 3 aromatic carbocycles. The van der Waals surface area contributed by atoms with Crippen LogP contribution >= 0.6 is 0 Å². The van der Waals surface area contributed by atoms with Crippen molar-refractivity contribution in [1.29, 1.82) is 0 Å². The van der Waals surface area contributed by atoms with Gasteiger partial charge >= 0.3 is 0 Å². The van der Waals surface area contributed by atoms with Crippen molar-refractivity contribution >= 4 is 31.0 Å². The number of aromatic nitrogens is 3. The van der Waals surface area contributed by atoms with E-state index in [1.807, 2.05) is 0 Å². The summed E-state index contributed by atoms with van der Waals surface area (Å²) in [7, 11) is 6.13. The summed E-state index contributed by atoms with van der Waals surface area (Å²) >= 11 is 0. The van der Waals surface area contributed by atoms with Gasteiger partial charge in [0.15, 0.2) is 17.3 Å². The Morgan fingerprint density at radius 2 is 1.56 bits per heavy atom. The number of methoxy groups -OCH3 is 1. The second kappa shape index (κ2) is 14.7. The number of hydrogen-bond acceptors (Lipinski definition) is 11. The van der Waals surface area contributed by atoms with Crippen LogP contribution in [0, 0.1) is 6.33 Å². The average molecular weight is 627 g/mol. The number of carbonyl (C=O) groups excluding carboxylic acids is 2. The normalized spacial score (nSPS) is 11.3. The van der Waals surface area contributed by atoms with Crippen LogP contribution in [0.25, 0.3) is 0 Å². The van der Waals surface area contributed by atoms with Crippen LogP contribution in [-0.2, 0) is 37.4 Å². The maximum absolute atomic E-state index is 13.1. The number of rotatable bonds is 9. The monoisotopic (exact) mass is 627 g/mol. The van der Waals surface area contributed by atoms with Crippen molar-refractivity contribution in [1.82, 2.24) is 15.0 Å². The molecule has 205 valence electrons. The van der Waals surface area contributed by atoms with Crippen LogP contribution < -0.4 is 20.5 Å². The Balaban J connectivity index is 0.00000151. The summed E-state index contributed by atoms with van der Waals surface area (Å²) < 4.78 is 16.5. The molecule has 0 atom stereocenters. The van der Waals surface area contributed by atoms with Crippen molar-refractivity contribution in [3.63, 3.8) is 0 Å². The van der Waals surface area contributed by atoms with E-state index >= 15 is 0 Å². The SMILES string of the molecule is COCCCNc1n[c-]nc(Oc2ccc(Oc3cc(O)c4c(c3N)C(=O)c3ccccc3C4=O)cc2)n1.[B]C.[Y]. The molecule has 0 saturated heterocycles. The first-order valence-corrected chi connectivity index (χ1v) is 12.2. The van der Waals surface area contributed by atoms with Crippen molar-refractivity contribution in [3.8, 4) is 29.0 Å². The van der Waals surface area contributed by atoms with Gasteiger partial charge in [-0.2, -0.15) is 0 Å². The minimum absolute atomic E-state index is 0. The molecule has 0 aliphatic heterocycles. The van der Waals surface area contributed by atoms with Gasteiger partial charge in [0.2, 0.25) is 6.01 Å². The van der Waals surface area contributed by atoms with Gasteiger partial charge in [-0.15, -0.1) is 0 Å². The standard InChI is InChI=1S/C27H22N5O6.CH3B.Y/c1-36-12-4-11-29-26-30-14-31-27(32-26)38-16-9-7-15(8-10-16)37-20-13-19(33)21-22(23(20)28)25(35)18-6-3-2-5-17(18)24(21)34;1-2;/h2-3,5-10,13,33H,4,11-12,28H2,1H3,(H,29,30,31,32);1H3;/q-1;;. The molecule has 0 bridgehead atoms. The fourth-order valence-corrected chi connectivity index (χ4v) is 3.96. The fourth-order valence-electron chi connectivity index (χ4n) is 3.96. The summed E-state index contributed by atoms with van der Waals surface area (Å²) in [5.41, 5.74) is 6.43. The second-order valence-corrected chi connectivity index (χ2v) is 8.25. The molecule has 0 spiro atoms. The Labute approximate surface area is 263 Å². The number of phenolic OH excluding ortho intramolecular Hbond substituents is 1. The number of phenols is 1. The third-order valence-electron chi connectivity index (χ3n) is 5.75. The number of anilines is 2. The van der Waals surface area contributed by atoms with Crippen LogP contribution in [0.5, 0.6) is 29.0 Å². The number of ketones is 2. The number of ether oxygens (including phenoxy) is 3. The Bertz CT molecular complexity index is 1540. The molecule has 13 heteroatoms. The molecule has 11 nitrogen and oxygen atoms in total. The fraction of sp³-hybridized carbons (Fsp3) is 0.179. The van der Waals surface area contributed by atoms with Gasteiger partial charge in [-0.3, -0.25) is 14.6 Å². The second-order valence-electron chi connectivity index (χ2n) is 8.25. The van der Waals surface area contributed by atoms with Crippen LogP contribution in [-0.4, -0.2) is 59.7 Å². The average Bonchev–Trinajstić information content (AvgIpc) is 2.98. The molecular formula is C28H25BN5O6Y-. The van der Waals surface area contributed by atoms with E-state index in [9.17, 15) is 14.7 Å². The van der Waals surface area contributed by atoms with Gasteiger partial charge in [0, 0.05) is 76.5 Å². The van der Waals surface area contributed by atoms with Crippen molar-refractivity contribution in [2.24, 2.45) is 0 Å². The smallest absolute Gasteiger partial charge is 0.206 e. The van der Waals surface area contributed by atoms with E-state index in [1.54, 1.807) is 49.6 Å². The molecule has 4 N–H and O–H groups in total. The van der Waals surface area contributed by atoms with Crippen molar-refractivity contribution < 1.29 is 61.6 Å². The number of benzene rings is 3. The Morgan fingerprint density at radius 3 is 2.20 bits per heavy atom. The molecule has 1 heterocycles. The number of nitrogens with two attached hydrogens (primary N) is 1. The third-order valence-corrected chi connectivity index (χ3v) is 5.75. The zero-order chi connectivity index (χ0) is 28.6. The maximum Gasteiger partial charge on any atom is 0.206 e. The van der Waals surface area contributed by atoms with E-state index in [4.69, 9.17) is 19.9 Å². The number of nitrogen functional groups attached to an aromatic ring is 1. The molecule has 0 saturated carbocycles. The maximum atomic E-state index is 13.1. The van der Waals surface area contributed by atoms with E-state index in [2.05, 4.69) is 34.4 Å². The van der Waals surface area contributed by atoms with Gasteiger partial charge < -0.3 is 40.3 Å². The van der Waals surface area contributed by atoms with Crippen molar-refractivity contribution in [3.05, 3.63) is 83.2 Å². The molecule has 0 unspecified atom stereocenters. The summed E-state index contributed by atoms with van der Waals surface area (Å²) in [6, 6.07) is 14.1. The minimum Gasteiger partial charge on any atom is -0.507 e. The first-order valence-electron chi connectivity index (χ1n) is 12.2. The van der Waals surface area contributed by atoms with Gasteiger partial charge in [-0.05, 0) is 30.7 Å². The Kier molecular flexibility index (Phi) is 11.3. The topological polar surface area (TPSA) is 159 Å². The summed E-state index contributed by atoms with van der Waals surface area (Å²) in [5.74, 6) is -0.205. The van der Waals surface area contributed by atoms with Crippen molar-refractivity contribution in [2.75, 3.05) is 31.3 Å². The molecule has 4 aromatic rings. The van der Waals surface area contributed by atoms with Crippen LogP contribution in [0.3, 0.4) is 0 Å². The molecule has 1 aliphatic rings. The summed E-state index contributed by atoms with van der Waals surface area (Å²) in [6.07, 6.45) is 3.27. The van der Waals surface area contributed by atoms with Crippen molar-refractivity contribution in [2.45, 2.75) is 13.2 Å². The number of fused-ring (bicyclic) bond motifs is 2. The number of nitrogens with one attached hydrogen (secondary N) is 1. The minimum atomic E-state index is -0.476. The molecule has 0 fully saturated rings. The van der Waals surface area contributed by atoms with E-state index in [0.29, 0.717) is 30.6 Å². The largest absolute Gasteiger partial charge is 0.507 e. The van der Waals surface area contributed by atoms with E-state index in [1.165, 1.54) is 19.0 Å². The molecule has 41 heavy (non-hydrogen) atoms. The first-order chi connectivity index (χ1) is 19.5. The van der Waals surface area contributed by atoms with Gasteiger partial charge in [-0.25, -0.2) is 0 Å². The predicted molar refractivity (Wildman–Crippen MR) is 148 cm³/mol. The van der Waals surface area contributed by atoms with E-state index in [-0.39, 0.29) is 72.4 Å². The van der Waals surface area contributed by atoms with Crippen LogP contribution in [0.4, 0.5) is 11.6 Å². The molecule has 1 aromatic heterocycles. The van der Waals surface area contributed by atoms with Gasteiger partial charge in [0.1, 0.15) is 23.2 Å². The first kappa shape index (κ1) is 31.7. The third kappa shape index (κ3) is 7.08. The quantitative estimate of drug-likeness (QED) is 0.0714. The van der Waals surface area contributed by atoms with Gasteiger partial charge in [0.05, 0.1) is 24.7 Å². The Hall–Kier alpha value is -3.86. The van der Waals surface area contributed by atoms with Crippen LogP contribution in [0.1, 0.15) is 38.3 Å². The molecular weight excluding hydrogens is 602 g/mol. The van der Waals surface area contributed by atoms with Crippen LogP contribution in [0.2, 0.25) is 6.82 Å². The number of aromatic hydroxyl groups is 1. The zero-order valence-corrected chi connectivity index (χ0v) is 25.2. The van der Waals surface area contributed by atoms with E-state index in [0.717, 1.165) is 6.42 Å². The molecule has 1 aliphatic carbocycles. The molecule has 3 radical (unpaired) electrons. The number of nitrogens with zero attached hydrogens (tertiary/aromatic N) is 3. The summed E-state index contributed by atoms with van der Waals surface area (Å²) in [5, 5.41) is 13.6. The summed E-state index contributed by atoms with van der Waals surface area (Å²) in [6.45, 7) is 2.73. The predicted octanol–water partition coefficient (Wildman–Crippen LogP) is 3.97. The molecule has 5 rings (SSSR count). The number of carbonyl (C=O) groups is 2. The molecule has 0 amide bonds. The zero-order valence-electron chi connectivity index (χ0n) is 22.4. The summed E-state index contributed by atoms with van der Waals surface area (Å²) in [4.78, 5) is 38.1. The van der Waals surface area contributed by atoms with Crippen LogP contribution in [0.15, 0.2) is 54.6 Å². The number of hydrogen-bond donors (Lipinski definition) is 3. The Morgan fingerprint density at radius 1 is 0.951 bits per heavy atom. The van der Waals surface area contributed by atoms with Gasteiger partial charge in [0.25, 0.3) is 0 Å².